The maximum Gasteiger partial charge on any atom is 0.320 e. The first kappa shape index (κ1) is 17.1. The molecule has 0 fully saturated rings. The molecule has 3 rings (SSSR count). The smallest absolute Gasteiger partial charge is 0.320 e. The Morgan fingerprint density at radius 2 is 1.92 bits per heavy atom. The Bertz CT molecular complexity index is 742. The number of urea groups is 1. The molecule has 0 spiro atoms. The zero-order chi connectivity index (χ0) is 17.8. The van der Waals surface area contributed by atoms with Crippen LogP contribution in [0.15, 0.2) is 28.8 Å². The van der Waals surface area contributed by atoms with E-state index >= 15 is 0 Å². The van der Waals surface area contributed by atoms with Crippen molar-refractivity contribution in [3.63, 3.8) is 0 Å². The molecule has 0 saturated heterocycles. The molecule has 1 aliphatic heterocycles. The molecular formula is C18H23N3O4. The number of hydrogen-bond donors (Lipinski definition) is 2. The maximum atomic E-state index is 12.3. The molecule has 1 aliphatic rings. The highest BCUT2D eigenvalue weighted by atomic mass is 16.5. The van der Waals surface area contributed by atoms with E-state index in [2.05, 4.69) is 15.8 Å². The normalized spacial score (nSPS) is 14.7. The van der Waals surface area contributed by atoms with Gasteiger partial charge in [0.05, 0.1) is 19.3 Å². The highest BCUT2D eigenvalue weighted by Crippen LogP contribution is 2.34. The highest BCUT2D eigenvalue weighted by Gasteiger charge is 2.21. The van der Waals surface area contributed by atoms with Crippen LogP contribution < -0.4 is 20.1 Å². The first-order chi connectivity index (χ1) is 12.0. The van der Waals surface area contributed by atoms with Gasteiger partial charge in [-0.25, -0.2) is 4.79 Å². The minimum atomic E-state index is -0.334. The number of nitrogens with one attached hydrogen (secondary N) is 2. The van der Waals surface area contributed by atoms with Crippen molar-refractivity contribution >= 4 is 11.8 Å². The summed E-state index contributed by atoms with van der Waals surface area (Å²) in [7, 11) is 0. The third-order valence-corrected chi connectivity index (χ3v) is 3.95. The molecule has 7 heteroatoms. The van der Waals surface area contributed by atoms with Gasteiger partial charge >= 0.3 is 6.03 Å². The minimum Gasteiger partial charge on any atom is -0.490 e. The third kappa shape index (κ3) is 4.23. The molecule has 0 bridgehead atoms. The molecule has 0 radical (unpaired) electrons. The summed E-state index contributed by atoms with van der Waals surface area (Å²) in [6, 6.07) is 6.94. The van der Waals surface area contributed by atoms with Gasteiger partial charge in [0, 0.05) is 12.5 Å². The van der Waals surface area contributed by atoms with Gasteiger partial charge in [-0.2, -0.15) is 0 Å². The minimum absolute atomic E-state index is 0.176. The van der Waals surface area contributed by atoms with Crippen LogP contribution in [-0.2, 0) is 0 Å². The topological polar surface area (TPSA) is 85.6 Å². The summed E-state index contributed by atoms with van der Waals surface area (Å²) in [5.74, 6) is 2.67. The lowest BCUT2D eigenvalue weighted by Crippen LogP contribution is -2.35. The Hall–Kier alpha value is -2.70. The Balaban J connectivity index is 1.74. The number of hydrogen-bond acceptors (Lipinski definition) is 5. The lowest BCUT2D eigenvalue weighted by Gasteiger charge is -2.23. The summed E-state index contributed by atoms with van der Waals surface area (Å²) >= 11 is 0. The number of anilines is 1. The Labute approximate surface area is 146 Å². The number of benzene rings is 1. The molecule has 2 N–H and O–H groups in total. The second-order valence-electron chi connectivity index (χ2n) is 6.40. The lowest BCUT2D eigenvalue weighted by molar-refractivity contribution is 0.244. The summed E-state index contributed by atoms with van der Waals surface area (Å²) < 4.78 is 16.4. The Morgan fingerprint density at radius 3 is 2.60 bits per heavy atom. The number of carbonyl (C=O) groups is 1. The van der Waals surface area contributed by atoms with E-state index in [1.807, 2.05) is 32.0 Å². The van der Waals surface area contributed by atoms with Crippen LogP contribution >= 0.6 is 0 Å². The van der Waals surface area contributed by atoms with E-state index in [4.69, 9.17) is 14.0 Å². The largest absolute Gasteiger partial charge is 0.490 e. The molecule has 2 aromatic rings. The molecule has 0 saturated carbocycles. The fourth-order valence-corrected chi connectivity index (χ4v) is 2.73. The quantitative estimate of drug-likeness (QED) is 0.883. The van der Waals surface area contributed by atoms with Crippen molar-refractivity contribution < 1.29 is 18.8 Å². The van der Waals surface area contributed by atoms with Crippen molar-refractivity contribution in [2.24, 2.45) is 5.92 Å². The molecular weight excluding hydrogens is 322 g/mol. The number of amides is 2. The van der Waals surface area contributed by atoms with Crippen molar-refractivity contribution in [3.8, 4) is 11.5 Å². The SMILES string of the molecule is Cc1cc(NC(=O)N[C@H](c2ccc3c(c2)OCCCO3)C(C)C)no1. The van der Waals surface area contributed by atoms with E-state index in [1.54, 1.807) is 13.0 Å². The molecule has 25 heavy (non-hydrogen) atoms. The third-order valence-electron chi connectivity index (χ3n) is 3.95. The van der Waals surface area contributed by atoms with Gasteiger partial charge in [-0.15, -0.1) is 0 Å². The zero-order valence-corrected chi connectivity index (χ0v) is 14.7. The molecule has 0 unspecified atom stereocenters. The number of aromatic nitrogens is 1. The molecule has 2 heterocycles. The molecule has 1 aromatic heterocycles. The van der Waals surface area contributed by atoms with Gasteiger partial charge in [0.15, 0.2) is 17.3 Å². The summed E-state index contributed by atoms with van der Waals surface area (Å²) in [6.45, 7) is 7.15. The number of aryl methyl sites for hydroxylation is 1. The van der Waals surface area contributed by atoms with Crippen LogP contribution in [0.3, 0.4) is 0 Å². The Morgan fingerprint density at radius 1 is 1.16 bits per heavy atom. The Kier molecular flexibility index (Phi) is 5.11. The van der Waals surface area contributed by atoms with E-state index < -0.39 is 0 Å². The van der Waals surface area contributed by atoms with Gasteiger partial charge < -0.3 is 19.3 Å². The summed E-state index contributed by atoms with van der Waals surface area (Å²) in [4.78, 5) is 12.3. The summed E-state index contributed by atoms with van der Waals surface area (Å²) in [5, 5.41) is 9.43. The average Bonchev–Trinajstić information content (AvgIpc) is 2.83. The standard InChI is InChI=1S/C18H23N3O4/c1-11(2)17(20-18(22)19-16-9-12(3)25-21-16)13-5-6-14-15(10-13)24-8-4-7-23-14/h5-6,9-11,17H,4,7-8H2,1-3H3,(H2,19,20,21,22)/t17-/m0/s1. The van der Waals surface area contributed by atoms with Crippen LogP contribution in [0.2, 0.25) is 0 Å². The van der Waals surface area contributed by atoms with E-state index in [1.165, 1.54) is 0 Å². The van der Waals surface area contributed by atoms with E-state index in [-0.39, 0.29) is 18.0 Å². The number of carbonyl (C=O) groups excluding carboxylic acids is 1. The number of fused-ring (bicyclic) bond motifs is 1. The predicted octanol–water partition coefficient (Wildman–Crippen LogP) is 3.66. The van der Waals surface area contributed by atoms with Gasteiger partial charge in [-0.05, 0) is 30.5 Å². The van der Waals surface area contributed by atoms with Crippen molar-refractivity contribution in [1.82, 2.24) is 10.5 Å². The van der Waals surface area contributed by atoms with Crippen LogP contribution in [0.5, 0.6) is 11.5 Å². The van der Waals surface area contributed by atoms with Crippen molar-refractivity contribution in [2.75, 3.05) is 18.5 Å². The van der Waals surface area contributed by atoms with Crippen LogP contribution in [0.25, 0.3) is 0 Å². The molecule has 2 amide bonds. The van der Waals surface area contributed by atoms with Crippen LogP contribution in [0.1, 0.15) is 37.6 Å². The number of ether oxygens (including phenoxy) is 2. The van der Waals surface area contributed by atoms with Gasteiger partial charge in [0.25, 0.3) is 0 Å². The van der Waals surface area contributed by atoms with E-state index in [9.17, 15) is 4.79 Å². The van der Waals surface area contributed by atoms with E-state index in [0.29, 0.717) is 24.8 Å². The van der Waals surface area contributed by atoms with Gasteiger partial charge in [0.2, 0.25) is 0 Å². The monoisotopic (exact) mass is 345 g/mol. The van der Waals surface area contributed by atoms with Gasteiger partial charge in [0.1, 0.15) is 5.76 Å². The van der Waals surface area contributed by atoms with E-state index in [0.717, 1.165) is 23.5 Å². The van der Waals surface area contributed by atoms with Gasteiger partial charge in [-0.3, -0.25) is 5.32 Å². The predicted molar refractivity (Wildman–Crippen MR) is 93.0 cm³/mol. The molecule has 1 atom stereocenters. The number of nitrogens with zero attached hydrogens (tertiary/aromatic N) is 1. The first-order valence-electron chi connectivity index (χ1n) is 8.43. The maximum absolute atomic E-state index is 12.3. The molecule has 134 valence electrons. The molecule has 1 aromatic carbocycles. The zero-order valence-electron chi connectivity index (χ0n) is 14.7. The first-order valence-corrected chi connectivity index (χ1v) is 8.43. The summed E-state index contributed by atoms with van der Waals surface area (Å²) in [6.07, 6.45) is 0.857. The second kappa shape index (κ2) is 7.46. The fourth-order valence-electron chi connectivity index (χ4n) is 2.73. The average molecular weight is 345 g/mol. The van der Waals surface area contributed by atoms with Crippen LogP contribution in [0, 0.1) is 12.8 Å². The fraction of sp³-hybridized carbons (Fsp3) is 0.444. The van der Waals surface area contributed by atoms with Gasteiger partial charge in [-0.1, -0.05) is 25.1 Å². The lowest BCUT2D eigenvalue weighted by atomic mass is 9.96. The second-order valence-corrected chi connectivity index (χ2v) is 6.40. The summed E-state index contributed by atoms with van der Waals surface area (Å²) in [5.41, 5.74) is 0.964. The van der Waals surface area contributed by atoms with Crippen molar-refractivity contribution in [1.29, 1.82) is 0 Å². The van der Waals surface area contributed by atoms with Crippen molar-refractivity contribution in [3.05, 3.63) is 35.6 Å². The van der Waals surface area contributed by atoms with Crippen LogP contribution in [0.4, 0.5) is 10.6 Å². The van der Waals surface area contributed by atoms with Crippen LogP contribution in [-0.4, -0.2) is 24.4 Å². The molecule has 0 aliphatic carbocycles. The number of rotatable bonds is 4. The molecule has 7 nitrogen and oxygen atoms in total. The highest BCUT2D eigenvalue weighted by molar-refractivity contribution is 5.88. The van der Waals surface area contributed by atoms with Crippen molar-refractivity contribution in [2.45, 2.75) is 33.2 Å².